The van der Waals surface area contributed by atoms with E-state index in [0.29, 0.717) is 0 Å². The van der Waals surface area contributed by atoms with Crippen LogP contribution in [-0.4, -0.2) is 6.61 Å². The molecule has 1 aliphatic carbocycles. The van der Waals surface area contributed by atoms with Gasteiger partial charge in [-0.2, -0.15) is 8.78 Å². The largest absolute Gasteiger partial charge is 0.435 e. The Morgan fingerprint density at radius 2 is 2.20 bits per heavy atom. The number of fused-ring (bicyclic) bond motifs is 1. The van der Waals surface area contributed by atoms with Crippen molar-refractivity contribution in [1.82, 2.24) is 0 Å². The molecule has 0 heterocycles. The molecule has 0 aliphatic heterocycles. The van der Waals surface area contributed by atoms with Crippen LogP contribution in [0.3, 0.4) is 0 Å². The highest BCUT2D eigenvalue weighted by Gasteiger charge is 2.20. The van der Waals surface area contributed by atoms with Crippen molar-refractivity contribution in [2.45, 2.75) is 31.9 Å². The normalized spacial score (nSPS) is 20.1. The number of halogens is 2. The van der Waals surface area contributed by atoms with Gasteiger partial charge >= 0.3 is 6.61 Å². The van der Waals surface area contributed by atoms with Gasteiger partial charge in [0.25, 0.3) is 0 Å². The molecule has 1 aromatic rings. The van der Waals surface area contributed by atoms with E-state index in [4.69, 9.17) is 5.73 Å². The fourth-order valence-corrected chi connectivity index (χ4v) is 2.06. The molecule has 0 spiro atoms. The van der Waals surface area contributed by atoms with E-state index >= 15 is 0 Å². The standard InChI is InChI=1S/C11H13F2NO/c12-11(13)15-10-6-2-3-7-8(10)4-1-5-9(7)14/h2-3,6,9,11H,1,4-5,14H2. The molecule has 1 unspecified atom stereocenters. The Morgan fingerprint density at radius 3 is 2.93 bits per heavy atom. The van der Waals surface area contributed by atoms with Gasteiger partial charge in [-0.15, -0.1) is 0 Å². The van der Waals surface area contributed by atoms with Crippen LogP contribution in [0.1, 0.15) is 30.0 Å². The van der Waals surface area contributed by atoms with Gasteiger partial charge in [-0.25, -0.2) is 0 Å². The molecule has 82 valence electrons. The zero-order valence-electron chi connectivity index (χ0n) is 8.25. The van der Waals surface area contributed by atoms with Crippen molar-refractivity contribution in [3.63, 3.8) is 0 Å². The third kappa shape index (κ3) is 2.09. The molecule has 1 aliphatic rings. The molecular weight excluding hydrogens is 200 g/mol. The summed E-state index contributed by atoms with van der Waals surface area (Å²) in [5, 5.41) is 0. The quantitative estimate of drug-likeness (QED) is 0.819. The maximum absolute atomic E-state index is 12.1. The van der Waals surface area contributed by atoms with Crippen molar-refractivity contribution >= 4 is 0 Å². The van der Waals surface area contributed by atoms with Gasteiger partial charge in [0.2, 0.25) is 0 Å². The molecule has 0 bridgehead atoms. The molecule has 0 amide bonds. The highest BCUT2D eigenvalue weighted by atomic mass is 19.3. The van der Waals surface area contributed by atoms with Gasteiger partial charge in [-0.1, -0.05) is 12.1 Å². The second-order valence-corrected chi connectivity index (χ2v) is 3.70. The van der Waals surface area contributed by atoms with Crippen LogP contribution in [0.15, 0.2) is 18.2 Å². The van der Waals surface area contributed by atoms with E-state index < -0.39 is 6.61 Å². The van der Waals surface area contributed by atoms with Crippen LogP contribution in [0.2, 0.25) is 0 Å². The lowest BCUT2D eigenvalue weighted by Crippen LogP contribution is -2.18. The SMILES string of the molecule is NC1CCCc2c(OC(F)F)cccc21. The minimum atomic E-state index is -2.77. The van der Waals surface area contributed by atoms with Crippen LogP contribution in [0, 0.1) is 0 Å². The summed E-state index contributed by atoms with van der Waals surface area (Å²) in [7, 11) is 0. The third-order valence-electron chi connectivity index (χ3n) is 2.73. The molecule has 2 rings (SSSR count). The fourth-order valence-electron chi connectivity index (χ4n) is 2.06. The van der Waals surface area contributed by atoms with Gasteiger partial charge in [0.05, 0.1) is 0 Å². The molecule has 1 aromatic carbocycles. The Kier molecular flexibility index (Phi) is 2.86. The van der Waals surface area contributed by atoms with Crippen molar-refractivity contribution < 1.29 is 13.5 Å². The van der Waals surface area contributed by atoms with Gasteiger partial charge in [0.15, 0.2) is 0 Å². The predicted octanol–water partition coefficient (Wildman–Crippen LogP) is 2.62. The van der Waals surface area contributed by atoms with E-state index in [0.717, 1.165) is 30.4 Å². The lowest BCUT2D eigenvalue weighted by atomic mass is 9.88. The van der Waals surface area contributed by atoms with E-state index in [1.54, 1.807) is 12.1 Å². The number of benzene rings is 1. The molecule has 15 heavy (non-hydrogen) atoms. The van der Waals surface area contributed by atoms with E-state index in [2.05, 4.69) is 4.74 Å². The van der Waals surface area contributed by atoms with Gasteiger partial charge in [-0.05, 0) is 36.5 Å². The molecule has 4 heteroatoms. The highest BCUT2D eigenvalue weighted by molar-refractivity contribution is 5.43. The molecule has 0 saturated carbocycles. The summed E-state index contributed by atoms with van der Waals surface area (Å²) in [6, 6.07) is 5.12. The first-order valence-corrected chi connectivity index (χ1v) is 5.00. The molecule has 2 N–H and O–H groups in total. The van der Waals surface area contributed by atoms with E-state index in [9.17, 15) is 8.78 Å². The average Bonchev–Trinajstić information content (AvgIpc) is 2.19. The molecule has 0 aromatic heterocycles. The minimum Gasteiger partial charge on any atom is -0.435 e. The van der Waals surface area contributed by atoms with Crippen molar-refractivity contribution in [2.75, 3.05) is 0 Å². The number of hydrogen-bond donors (Lipinski definition) is 1. The summed E-state index contributed by atoms with van der Waals surface area (Å²) in [5.41, 5.74) is 7.69. The number of hydrogen-bond acceptors (Lipinski definition) is 2. The van der Waals surface area contributed by atoms with Crippen LogP contribution in [0.4, 0.5) is 8.78 Å². The third-order valence-corrected chi connectivity index (χ3v) is 2.73. The zero-order chi connectivity index (χ0) is 10.8. The smallest absolute Gasteiger partial charge is 0.387 e. The summed E-state index contributed by atoms with van der Waals surface area (Å²) in [6.45, 7) is -2.77. The Labute approximate surface area is 87.0 Å². The number of rotatable bonds is 2. The molecule has 0 radical (unpaired) electrons. The van der Waals surface area contributed by atoms with E-state index in [1.807, 2.05) is 6.07 Å². The van der Waals surface area contributed by atoms with Crippen molar-refractivity contribution in [3.8, 4) is 5.75 Å². The Morgan fingerprint density at radius 1 is 1.40 bits per heavy atom. The Hall–Kier alpha value is -1.16. The molecule has 1 atom stereocenters. The second kappa shape index (κ2) is 4.14. The Bertz CT molecular complexity index is 354. The monoisotopic (exact) mass is 213 g/mol. The number of nitrogens with two attached hydrogens (primary N) is 1. The summed E-state index contributed by atoms with van der Waals surface area (Å²) in [5.74, 6) is 0.276. The van der Waals surface area contributed by atoms with Crippen molar-refractivity contribution in [3.05, 3.63) is 29.3 Å². The van der Waals surface area contributed by atoms with E-state index in [-0.39, 0.29) is 11.8 Å². The van der Waals surface area contributed by atoms with Crippen LogP contribution >= 0.6 is 0 Å². The summed E-state index contributed by atoms with van der Waals surface area (Å²) >= 11 is 0. The number of alkyl halides is 2. The fraction of sp³-hybridized carbons (Fsp3) is 0.455. The maximum atomic E-state index is 12.1. The highest BCUT2D eigenvalue weighted by Crippen LogP contribution is 2.34. The van der Waals surface area contributed by atoms with Crippen LogP contribution < -0.4 is 10.5 Å². The van der Waals surface area contributed by atoms with Gasteiger partial charge in [0.1, 0.15) is 5.75 Å². The predicted molar refractivity (Wildman–Crippen MR) is 52.9 cm³/mol. The lowest BCUT2D eigenvalue weighted by Gasteiger charge is -2.24. The summed E-state index contributed by atoms with van der Waals surface area (Å²) in [6.07, 6.45) is 2.61. The number of ether oxygens (including phenoxy) is 1. The molecular formula is C11H13F2NO. The topological polar surface area (TPSA) is 35.2 Å². The first kappa shape index (κ1) is 10.4. The van der Waals surface area contributed by atoms with Crippen LogP contribution in [0.25, 0.3) is 0 Å². The minimum absolute atomic E-state index is 0.0463. The van der Waals surface area contributed by atoms with Crippen molar-refractivity contribution in [2.24, 2.45) is 5.73 Å². The zero-order valence-corrected chi connectivity index (χ0v) is 8.25. The first-order chi connectivity index (χ1) is 7.18. The molecule has 2 nitrogen and oxygen atoms in total. The molecule has 0 saturated heterocycles. The summed E-state index contributed by atoms with van der Waals surface area (Å²) < 4.78 is 28.7. The Balaban J connectivity index is 2.35. The average molecular weight is 213 g/mol. The van der Waals surface area contributed by atoms with Crippen LogP contribution in [0.5, 0.6) is 5.75 Å². The molecule has 0 fully saturated rings. The maximum Gasteiger partial charge on any atom is 0.387 e. The van der Waals surface area contributed by atoms with Gasteiger partial charge in [0, 0.05) is 6.04 Å². The van der Waals surface area contributed by atoms with Gasteiger partial charge in [-0.3, -0.25) is 0 Å². The van der Waals surface area contributed by atoms with Crippen LogP contribution in [-0.2, 0) is 6.42 Å². The summed E-state index contributed by atoms with van der Waals surface area (Å²) in [4.78, 5) is 0. The first-order valence-electron chi connectivity index (χ1n) is 5.00. The van der Waals surface area contributed by atoms with E-state index in [1.165, 1.54) is 0 Å². The lowest BCUT2D eigenvalue weighted by molar-refractivity contribution is -0.0506. The second-order valence-electron chi connectivity index (χ2n) is 3.70. The van der Waals surface area contributed by atoms with Gasteiger partial charge < -0.3 is 10.5 Å². The van der Waals surface area contributed by atoms with Crippen molar-refractivity contribution in [1.29, 1.82) is 0 Å².